The van der Waals surface area contributed by atoms with E-state index in [1.807, 2.05) is 18.5 Å². The molecule has 2 aromatic rings. The summed E-state index contributed by atoms with van der Waals surface area (Å²) in [6.45, 7) is 10.1. The Morgan fingerprint density at radius 3 is 2.56 bits per heavy atom. The Balaban J connectivity index is 0.00000364. The molecule has 0 amide bonds. The van der Waals surface area contributed by atoms with Crippen molar-refractivity contribution in [3.63, 3.8) is 0 Å². The number of aromatic nitrogens is 2. The normalized spacial score (nSPS) is 12.6. The maximum atomic E-state index is 5.43. The van der Waals surface area contributed by atoms with Crippen molar-refractivity contribution in [3.05, 3.63) is 47.1 Å². The summed E-state index contributed by atoms with van der Waals surface area (Å²) in [5.41, 5.74) is 3.40. The summed E-state index contributed by atoms with van der Waals surface area (Å²) < 4.78 is 5.43. The molecule has 2 aromatic heterocycles. The van der Waals surface area contributed by atoms with E-state index < -0.39 is 0 Å². The van der Waals surface area contributed by atoms with E-state index in [0.29, 0.717) is 18.4 Å². The summed E-state index contributed by atoms with van der Waals surface area (Å²) in [4.78, 5) is 8.60. The van der Waals surface area contributed by atoms with Crippen molar-refractivity contribution in [2.24, 2.45) is 10.9 Å². The molecule has 1 atom stereocenters. The van der Waals surface area contributed by atoms with Crippen LogP contribution in [0.5, 0.6) is 0 Å². The minimum absolute atomic E-state index is 0. The van der Waals surface area contributed by atoms with Crippen LogP contribution in [0.25, 0.3) is 0 Å². The Morgan fingerprint density at radius 2 is 2.00 bits per heavy atom. The molecule has 0 fully saturated rings. The quantitative estimate of drug-likeness (QED) is 0.337. The number of halogens is 1. The van der Waals surface area contributed by atoms with Crippen molar-refractivity contribution in [1.29, 1.82) is 0 Å². The number of hydrogen-bond donors (Lipinski definition) is 2. The molecule has 0 radical (unpaired) electrons. The van der Waals surface area contributed by atoms with Gasteiger partial charge in [0.2, 0.25) is 0 Å². The lowest BCUT2D eigenvalue weighted by molar-refractivity contribution is 0.380. The second-order valence-electron chi connectivity index (χ2n) is 6.68. The van der Waals surface area contributed by atoms with Gasteiger partial charge in [0.1, 0.15) is 5.76 Å². The summed E-state index contributed by atoms with van der Waals surface area (Å²) in [5.74, 6) is 2.60. The molecule has 2 N–H and O–H groups in total. The maximum Gasteiger partial charge on any atom is 0.191 e. The molecule has 0 spiro atoms. The number of hydrogen-bond acceptors (Lipinski definition) is 4. The number of aryl methyl sites for hydroxylation is 2. The number of nitrogens with zero attached hydrogens (tertiary/aromatic N) is 3. The van der Waals surface area contributed by atoms with Crippen LogP contribution in [0.1, 0.15) is 56.2 Å². The standard InChI is InChI=1S/C20H31N5O.HI/c1-6-18-17(19(7-2)26-25-18)13-24-20(21-5)23-12-16(14(3)4)15-9-8-10-22-11-15;/h8-11,14,16H,6-7,12-13H2,1-5H3,(H2,21,23,24);1H. The van der Waals surface area contributed by atoms with Crippen LogP contribution in [0.2, 0.25) is 0 Å². The van der Waals surface area contributed by atoms with Gasteiger partial charge in [0.15, 0.2) is 5.96 Å². The van der Waals surface area contributed by atoms with Crippen LogP contribution in [0, 0.1) is 5.92 Å². The van der Waals surface area contributed by atoms with Gasteiger partial charge in [-0.3, -0.25) is 9.98 Å². The maximum absolute atomic E-state index is 5.43. The van der Waals surface area contributed by atoms with Gasteiger partial charge in [-0.25, -0.2) is 0 Å². The largest absolute Gasteiger partial charge is 0.361 e. The molecule has 1 unspecified atom stereocenters. The van der Waals surface area contributed by atoms with Crippen molar-refractivity contribution in [2.75, 3.05) is 13.6 Å². The van der Waals surface area contributed by atoms with Crippen molar-refractivity contribution in [1.82, 2.24) is 20.8 Å². The third kappa shape index (κ3) is 6.48. The third-order valence-corrected chi connectivity index (χ3v) is 4.67. The predicted octanol–water partition coefficient (Wildman–Crippen LogP) is 3.92. The highest BCUT2D eigenvalue weighted by Gasteiger charge is 2.17. The Hall–Kier alpha value is -1.64. The molecule has 6 nitrogen and oxygen atoms in total. The molecule has 0 saturated carbocycles. The van der Waals surface area contributed by atoms with E-state index in [9.17, 15) is 0 Å². The van der Waals surface area contributed by atoms with E-state index >= 15 is 0 Å². The first-order valence-corrected chi connectivity index (χ1v) is 9.41. The van der Waals surface area contributed by atoms with Gasteiger partial charge in [0, 0.05) is 50.4 Å². The Bertz CT molecular complexity index is 678. The molecule has 0 aliphatic heterocycles. The minimum Gasteiger partial charge on any atom is -0.361 e. The number of guanidine groups is 1. The summed E-state index contributed by atoms with van der Waals surface area (Å²) >= 11 is 0. The van der Waals surface area contributed by atoms with E-state index in [0.717, 1.165) is 42.4 Å². The second kappa shape index (κ2) is 11.9. The molecule has 0 aromatic carbocycles. The number of pyridine rings is 1. The van der Waals surface area contributed by atoms with E-state index in [1.54, 1.807) is 7.05 Å². The highest BCUT2D eigenvalue weighted by molar-refractivity contribution is 14.0. The SMILES string of the molecule is CCc1noc(CC)c1CNC(=NC)NCC(c1cccnc1)C(C)C.I. The summed E-state index contributed by atoms with van der Waals surface area (Å²) in [6, 6.07) is 4.12. The molecule has 0 saturated heterocycles. The molecular formula is C20H32IN5O. The summed E-state index contributed by atoms with van der Waals surface area (Å²) in [6.07, 6.45) is 5.46. The average Bonchev–Trinajstić information content (AvgIpc) is 3.07. The van der Waals surface area contributed by atoms with Gasteiger partial charge in [0.25, 0.3) is 0 Å². The molecule has 0 aliphatic rings. The van der Waals surface area contributed by atoms with Crippen molar-refractivity contribution in [2.45, 2.75) is 53.0 Å². The molecule has 7 heteroatoms. The molecule has 2 heterocycles. The fourth-order valence-corrected chi connectivity index (χ4v) is 3.07. The van der Waals surface area contributed by atoms with Crippen LogP contribution < -0.4 is 10.6 Å². The van der Waals surface area contributed by atoms with Crippen molar-refractivity contribution < 1.29 is 4.52 Å². The van der Waals surface area contributed by atoms with Gasteiger partial charge >= 0.3 is 0 Å². The zero-order chi connectivity index (χ0) is 18.9. The smallest absolute Gasteiger partial charge is 0.191 e. The van der Waals surface area contributed by atoms with E-state index in [4.69, 9.17) is 4.52 Å². The zero-order valence-electron chi connectivity index (χ0n) is 17.0. The average molecular weight is 485 g/mol. The van der Waals surface area contributed by atoms with Gasteiger partial charge in [-0.2, -0.15) is 0 Å². The highest BCUT2D eigenvalue weighted by Crippen LogP contribution is 2.22. The first-order chi connectivity index (χ1) is 12.6. The van der Waals surface area contributed by atoms with E-state index in [1.165, 1.54) is 5.56 Å². The third-order valence-electron chi connectivity index (χ3n) is 4.67. The van der Waals surface area contributed by atoms with Crippen LogP contribution in [0.4, 0.5) is 0 Å². The zero-order valence-corrected chi connectivity index (χ0v) is 19.3. The van der Waals surface area contributed by atoms with Gasteiger partial charge in [-0.1, -0.05) is 38.9 Å². The first kappa shape index (κ1) is 23.4. The molecule has 27 heavy (non-hydrogen) atoms. The Labute approximate surface area is 179 Å². The van der Waals surface area contributed by atoms with Crippen molar-refractivity contribution in [3.8, 4) is 0 Å². The lowest BCUT2D eigenvalue weighted by Gasteiger charge is -2.23. The van der Waals surface area contributed by atoms with Crippen molar-refractivity contribution >= 4 is 29.9 Å². The summed E-state index contributed by atoms with van der Waals surface area (Å²) in [5, 5.41) is 11.0. The molecule has 2 rings (SSSR count). The summed E-state index contributed by atoms with van der Waals surface area (Å²) in [7, 11) is 1.79. The number of nitrogens with one attached hydrogen (secondary N) is 2. The minimum atomic E-state index is 0. The van der Waals surface area contributed by atoms with Crippen LogP contribution >= 0.6 is 24.0 Å². The molecule has 0 bridgehead atoms. The van der Waals surface area contributed by atoms with Crippen LogP contribution in [0.15, 0.2) is 34.0 Å². The van der Waals surface area contributed by atoms with Gasteiger partial charge in [-0.05, 0) is 24.0 Å². The Kier molecular flexibility index (Phi) is 10.4. The van der Waals surface area contributed by atoms with Crippen LogP contribution in [0.3, 0.4) is 0 Å². The fourth-order valence-electron chi connectivity index (χ4n) is 3.07. The molecular weight excluding hydrogens is 453 g/mol. The van der Waals surface area contributed by atoms with Gasteiger partial charge in [-0.15, -0.1) is 24.0 Å². The lowest BCUT2D eigenvalue weighted by atomic mass is 9.89. The van der Waals surface area contributed by atoms with Gasteiger partial charge < -0.3 is 15.2 Å². The second-order valence-corrected chi connectivity index (χ2v) is 6.68. The predicted molar refractivity (Wildman–Crippen MR) is 121 cm³/mol. The van der Waals surface area contributed by atoms with Gasteiger partial charge in [0.05, 0.1) is 5.69 Å². The van der Waals surface area contributed by atoms with Crippen LogP contribution in [-0.4, -0.2) is 29.7 Å². The van der Waals surface area contributed by atoms with E-state index in [2.05, 4.69) is 59.5 Å². The Morgan fingerprint density at radius 1 is 1.22 bits per heavy atom. The number of rotatable bonds is 8. The molecule has 150 valence electrons. The number of aliphatic imine (C=N–C) groups is 1. The highest BCUT2D eigenvalue weighted by atomic mass is 127. The lowest BCUT2D eigenvalue weighted by Crippen LogP contribution is -2.40. The van der Waals surface area contributed by atoms with E-state index in [-0.39, 0.29) is 24.0 Å². The first-order valence-electron chi connectivity index (χ1n) is 9.41. The van der Waals surface area contributed by atoms with Crippen LogP contribution in [-0.2, 0) is 19.4 Å². The fraction of sp³-hybridized carbons (Fsp3) is 0.550. The molecule has 0 aliphatic carbocycles. The topological polar surface area (TPSA) is 75.3 Å². The monoisotopic (exact) mass is 485 g/mol.